The van der Waals surface area contributed by atoms with Gasteiger partial charge in [-0.3, -0.25) is 10.1 Å². The molecule has 20 heavy (non-hydrogen) atoms. The van der Waals surface area contributed by atoms with Crippen LogP contribution in [0.3, 0.4) is 0 Å². The Bertz CT molecular complexity index is 279. The molecule has 0 spiro atoms. The number of carbonyl (C=O) groups is 1. The highest BCUT2D eigenvalue weighted by Crippen LogP contribution is 2.20. The van der Waals surface area contributed by atoms with Crippen molar-refractivity contribution in [1.29, 1.82) is 0 Å². The van der Waals surface area contributed by atoms with Gasteiger partial charge in [-0.1, -0.05) is 20.8 Å². The molecular formula is C16H33NO3. The van der Waals surface area contributed by atoms with E-state index in [1.54, 1.807) is 0 Å². The molecule has 0 aromatic heterocycles. The molecule has 2 unspecified atom stereocenters. The molecule has 120 valence electrons. The standard InChI is InChI=1S/C16H33NO3/c1-7-16(15(18)19,17-13(4)5)9-8-10-20-14(6)11-12(2)3/h12-14,17H,7-11H2,1-6H3,(H,18,19). The lowest BCUT2D eigenvalue weighted by atomic mass is 9.89. The van der Waals surface area contributed by atoms with Crippen LogP contribution in [0.25, 0.3) is 0 Å². The maximum absolute atomic E-state index is 11.6. The first-order chi connectivity index (χ1) is 9.23. The first-order valence-corrected chi connectivity index (χ1v) is 7.86. The van der Waals surface area contributed by atoms with E-state index in [9.17, 15) is 9.90 Å². The van der Waals surface area contributed by atoms with Gasteiger partial charge >= 0.3 is 5.97 Å². The average molecular weight is 287 g/mol. The average Bonchev–Trinajstić information content (AvgIpc) is 2.31. The fourth-order valence-corrected chi connectivity index (χ4v) is 2.61. The van der Waals surface area contributed by atoms with Gasteiger partial charge in [0.15, 0.2) is 0 Å². The maximum Gasteiger partial charge on any atom is 0.323 e. The lowest BCUT2D eigenvalue weighted by molar-refractivity contribution is -0.146. The minimum atomic E-state index is -0.821. The Morgan fingerprint density at radius 3 is 2.25 bits per heavy atom. The molecule has 2 N–H and O–H groups in total. The zero-order valence-corrected chi connectivity index (χ0v) is 14.0. The minimum Gasteiger partial charge on any atom is -0.480 e. The number of carboxylic acids is 1. The zero-order valence-electron chi connectivity index (χ0n) is 14.0. The molecule has 0 fully saturated rings. The predicted molar refractivity (Wildman–Crippen MR) is 83.0 cm³/mol. The van der Waals surface area contributed by atoms with Gasteiger partial charge in [-0.15, -0.1) is 0 Å². The van der Waals surface area contributed by atoms with Gasteiger partial charge in [0, 0.05) is 12.6 Å². The summed E-state index contributed by atoms with van der Waals surface area (Å²) in [6.07, 6.45) is 3.24. The smallest absolute Gasteiger partial charge is 0.323 e. The van der Waals surface area contributed by atoms with Crippen molar-refractivity contribution < 1.29 is 14.6 Å². The van der Waals surface area contributed by atoms with Crippen LogP contribution in [-0.4, -0.2) is 35.4 Å². The number of carboxylic acid groups (broad SMARTS) is 1. The summed E-state index contributed by atoms with van der Waals surface area (Å²) in [5, 5.41) is 12.7. The van der Waals surface area contributed by atoms with Crippen molar-refractivity contribution in [2.24, 2.45) is 5.92 Å². The second-order valence-corrected chi connectivity index (χ2v) is 6.45. The van der Waals surface area contributed by atoms with Crippen LogP contribution in [0.4, 0.5) is 0 Å². The zero-order chi connectivity index (χ0) is 15.8. The van der Waals surface area contributed by atoms with Crippen LogP contribution in [0, 0.1) is 5.92 Å². The molecule has 0 heterocycles. The number of ether oxygens (including phenoxy) is 1. The van der Waals surface area contributed by atoms with Crippen molar-refractivity contribution in [2.45, 2.75) is 84.9 Å². The van der Waals surface area contributed by atoms with Gasteiger partial charge in [0.25, 0.3) is 0 Å². The lowest BCUT2D eigenvalue weighted by Gasteiger charge is -2.32. The molecule has 0 aliphatic rings. The molecule has 0 amide bonds. The van der Waals surface area contributed by atoms with Gasteiger partial charge in [0.1, 0.15) is 5.54 Å². The van der Waals surface area contributed by atoms with Crippen molar-refractivity contribution in [2.75, 3.05) is 6.61 Å². The Kier molecular flexibility index (Phi) is 9.06. The van der Waals surface area contributed by atoms with E-state index in [1.807, 2.05) is 20.8 Å². The Labute approximate surface area is 124 Å². The fraction of sp³-hybridized carbons (Fsp3) is 0.938. The molecule has 4 nitrogen and oxygen atoms in total. The molecule has 0 aliphatic carbocycles. The third-order valence-electron chi connectivity index (χ3n) is 3.53. The summed E-state index contributed by atoms with van der Waals surface area (Å²) < 4.78 is 5.76. The number of rotatable bonds is 11. The van der Waals surface area contributed by atoms with E-state index in [0.29, 0.717) is 25.4 Å². The predicted octanol–water partition coefficient (Wildman–Crippen LogP) is 3.45. The number of aliphatic carboxylic acids is 1. The van der Waals surface area contributed by atoms with Crippen LogP contribution < -0.4 is 5.32 Å². The number of hydrogen-bond donors (Lipinski definition) is 2. The van der Waals surface area contributed by atoms with E-state index >= 15 is 0 Å². The fourth-order valence-electron chi connectivity index (χ4n) is 2.61. The van der Waals surface area contributed by atoms with E-state index in [1.165, 1.54) is 0 Å². The summed E-state index contributed by atoms with van der Waals surface area (Å²) in [6, 6.07) is 0.159. The number of nitrogens with one attached hydrogen (secondary N) is 1. The van der Waals surface area contributed by atoms with Gasteiger partial charge in [-0.2, -0.15) is 0 Å². The van der Waals surface area contributed by atoms with Gasteiger partial charge in [0.05, 0.1) is 6.10 Å². The summed E-state index contributed by atoms with van der Waals surface area (Å²) in [7, 11) is 0. The molecule has 0 saturated carbocycles. The minimum absolute atomic E-state index is 0.159. The molecule has 0 aromatic carbocycles. The van der Waals surface area contributed by atoms with Crippen LogP contribution in [0.1, 0.15) is 67.2 Å². The van der Waals surface area contributed by atoms with Crippen LogP contribution in [0.5, 0.6) is 0 Å². The quantitative estimate of drug-likeness (QED) is 0.571. The third-order valence-corrected chi connectivity index (χ3v) is 3.53. The largest absolute Gasteiger partial charge is 0.480 e. The monoisotopic (exact) mass is 287 g/mol. The maximum atomic E-state index is 11.6. The third kappa shape index (κ3) is 7.25. The summed E-state index contributed by atoms with van der Waals surface area (Å²) in [5.41, 5.74) is -0.821. The first-order valence-electron chi connectivity index (χ1n) is 7.86. The van der Waals surface area contributed by atoms with E-state index in [4.69, 9.17) is 4.74 Å². The molecule has 0 radical (unpaired) electrons. The highest BCUT2D eigenvalue weighted by atomic mass is 16.5. The summed E-state index contributed by atoms with van der Waals surface area (Å²) >= 11 is 0. The van der Waals surface area contributed by atoms with E-state index < -0.39 is 11.5 Å². The molecule has 0 bridgehead atoms. The normalized spacial score (nSPS) is 16.4. The van der Waals surface area contributed by atoms with E-state index in [-0.39, 0.29) is 12.1 Å². The van der Waals surface area contributed by atoms with E-state index in [0.717, 1.165) is 12.8 Å². The second-order valence-electron chi connectivity index (χ2n) is 6.45. The highest BCUT2D eigenvalue weighted by Gasteiger charge is 2.36. The summed E-state index contributed by atoms with van der Waals surface area (Å²) in [6.45, 7) is 13.0. The SMILES string of the molecule is CCC(CCCOC(C)CC(C)C)(NC(C)C)C(=O)O. The van der Waals surface area contributed by atoms with Crippen molar-refractivity contribution >= 4 is 5.97 Å². The van der Waals surface area contributed by atoms with Gasteiger partial charge in [0.2, 0.25) is 0 Å². The van der Waals surface area contributed by atoms with Gasteiger partial charge in [-0.05, 0) is 52.4 Å². The number of hydrogen-bond acceptors (Lipinski definition) is 3. The molecule has 0 rings (SSSR count). The molecule has 0 aliphatic heterocycles. The highest BCUT2D eigenvalue weighted by molar-refractivity contribution is 5.78. The topological polar surface area (TPSA) is 58.6 Å². The Morgan fingerprint density at radius 2 is 1.85 bits per heavy atom. The van der Waals surface area contributed by atoms with E-state index in [2.05, 4.69) is 26.1 Å². The Balaban J connectivity index is 4.24. The molecule has 0 aromatic rings. The van der Waals surface area contributed by atoms with Crippen molar-refractivity contribution in [1.82, 2.24) is 5.32 Å². The van der Waals surface area contributed by atoms with Crippen molar-refractivity contribution in [3.63, 3.8) is 0 Å². The van der Waals surface area contributed by atoms with Crippen LogP contribution in [0.15, 0.2) is 0 Å². The van der Waals surface area contributed by atoms with Crippen LogP contribution in [0.2, 0.25) is 0 Å². The van der Waals surface area contributed by atoms with Crippen LogP contribution in [-0.2, 0) is 9.53 Å². The molecular weight excluding hydrogens is 254 g/mol. The second kappa shape index (κ2) is 9.35. The summed E-state index contributed by atoms with van der Waals surface area (Å²) in [5.74, 6) is -0.134. The first kappa shape index (κ1) is 19.4. The summed E-state index contributed by atoms with van der Waals surface area (Å²) in [4.78, 5) is 11.6. The van der Waals surface area contributed by atoms with Gasteiger partial charge < -0.3 is 9.84 Å². The Morgan fingerprint density at radius 1 is 1.25 bits per heavy atom. The molecule has 4 heteroatoms. The van der Waals surface area contributed by atoms with Crippen LogP contribution >= 0.6 is 0 Å². The molecule has 2 atom stereocenters. The van der Waals surface area contributed by atoms with Gasteiger partial charge in [-0.25, -0.2) is 0 Å². The Hall–Kier alpha value is -0.610. The lowest BCUT2D eigenvalue weighted by Crippen LogP contribution is -2.54. The van der Waals surface area contributed by atoms with Crippen molar-refractivity contribution in [3.05, 3.63) is 0 Å². The molecule has 0 saturated heterocycles. The van der Waals surface area contributed by atoms with Crippen molar-refractivity contribution in [3.8, 4) is 0 Å².